The fraction of sp³-hybridized carbons (Fsp3) is 0.583. The van der Waals surface area contributed by atoms with Gasteiger partial charge in [-0.1, -0.05) is 0 Å². The van der Waals surface area contributed by atoms with Crippen LogP contribution in [0, 0.1) is 0 Å². The molecule has 5 nitrogen and oxygen atoms in total. The first-order valence-electron chi connectivity index (χ1n) is 6.38. The molecule has 0 atom stereocenters. The Bertz CT molecular complexity index is 376. The van der Waals surface area contributed by atoms with E-state index in [2.05, 4.69) is 47.5 Å². The van der Waals surface area contributed by atoms with Crippen LogP contribution >= 0.6 is 31.9 Å². The van der Waals surface area contributed by atoms with Gasteiger partial charge in [-0.25, -0.2) is 0 Å². The minimum Gasteiger partial charge on any atom is -0.351 e. The number of carbonyl (C=O) groups is 1. The van der Waals surface area contributed by atoms with Gasteiger partial charge in [-0.15, -0.1) is 0 Å². The van der Waals surface area contributed by atoms with E-state index >= 15 is 0 Å². The highest BCUT2D eigenvalue weighted by Gasteiger charge is 2.09. The first-order chi connectivity index (χ1) is 9.15. The van der Waals surface area contributed by atoms with E-state index in [1.54, 1.807) is 6.07 Å². The number of amides is 1. The Hall–Kier alpha value is -0.370. The summed E-state index contributed by atoms with van der Waals surface area (Å²) in [6.45, 7) is 3.31. The molecule has 5 N–H and O–H groups in total. The summed E-state index contributed by atoms with van der Waals surface area (Å²) in [6.07, 6.45) is 3.07. The van der Waals surface area contributed by atoms with Crippen molar-refractivity contribution < 1.29 is 4.79 Å². The first kappa shape index (κ1) is 16.7. The number of rotatable bonds is 9. The largest absolute Gasteiger partial charge is 0.351 e. The number of halogens is 2. The van der Waals surface area contributed by atoms with Crippen molar-refractivity contribution in [2.24, 2.45) is 5.73 Å². The molecule has 0 aliphatic carbocycles. The lowest BCUT2D eigenvalue weighted by Crippen LogP contribution is -2.28. The van der Waals surface area contributed by atoms with Crippen molar-refractivity contribution >= 4 is 37.8 Å². The summed E-state index contributed by atoms with van der Waals surface area (Å²) in [6, 6.07) is 1.75. The topological polar surface area (TPSA) is 82.9 Å². The molecule has 0 saturated heterocycles. The summed E-state index contributed by atoms with van der Waals surface area (Å²) in [5, 5.41) is 6.19. The molecule has 1 rings (SSSR count). The molecule has 108 valence electrons. The van der Waals surface area contributed by atoms with Crippen molar-refractivity contribution in [3.8, 4) is 0 Å². The normalized spacial score (nSPS) is 10.7. The summed E-state index contributed by atoms with van der Waals surface area (Å²) in [5.74, 6) is -0.0884. The van der Waals surface area contributed by atoms with E-state index < -0.39 is 0 Å². The molecular weight excluding hydrogens is 376 g/mol. The highest BCUT2D eigenvalue weighted by Crippen LogP contribution is 2.22. The van der Waals surface area contributed by atoms with Crippen LogP contribution < -0.4 is 16.4 Å². The van der Waals surface area contributed by atoms with Crippen LogP contribution in [0.5, 0.6) is 0 Å². The minimum atomic E-state index is -0.0884. The number of aromatic amines is 1. The summed E-state index contributed by atoms with van der Waals surface area (Å²) < 4.78 is 1.62. The lowest BCUT2D eigenvalue weighted by atomic mass is 10.3. The van der Waals surface area contributed by atoms with Gasteiger partial charge in [0.05, 0.1) is 9.08 Å². The maximum Gasteiger partial charge on any atom is 0.267 e. The van der Waals surface area contributed by atoms with Crippen LogP contribution in [0.15, 0.2) is 15.1 Å². The van der Waals surface area contributed by atoms with E-state index in [0.717, 1.165) is 48.0 Å². The van der Waals surface area contributed by atoms with Crippen LogP contribution in [-0.4, -0.2) is 37.1 Å². The Morgan fingerprint density at radius 2 is 1.95 bits per heavy atom. The molecule has 0 fully saturated rings. The lowest BCUT2D eigenvalue weighted by Gasteiger charge is -2.05. The second kappa shape index (κ2) is 9.52. The van der Waals surface area contributed by atoms with E-state index in [0.29, 0.717) is 12.2 Å². The number of hydrogen-bond donors (Lipinski definition) is 4. The van der Waals surface area contributed by atoms with Gasteiger partial charge in [-0.05, 0) is 76.8 Å². The molecule has 0 aliphatic rings. The number of carbonyl (C=O) groups excluding carboxylic acids is 1. The zero-order valence-electron chi connectivity index (χ0n) is 10.8. The predicted molar refractivity (Wildman–Crippen MR) is 84.3 cm³/mol. The molecule has 19 heavy (non-hydrogen) atoms. The Kier molecular flexibility index (Phi) is 8.36. The average Bonchev–Trinajstić information content (AvgIpc) is 2.73. The fourth-order valence-electron chi connectivity index (χ4n) is 1.56. The smallest absolute Gasteiger partial charge is 0.267 e. The van der Waals surface area contributed by atoms with E-state index in [1.807, 2.05) is 0 Å². The number of nitrogens with two attached hydrogens (primary N) is 1. The third-order valence-electron chi connectivity index (χ3n) is 2.59. The number of H-pyrrole nitrogens is 1. The average molecular weight is 396 g/mol. The maximum absolute atomic E-state index is 11.8. The van der Waals surface area contributed by atoms with Gasteiger partial charge in [-0.2, -0.15) is 0 Å². The van der Waals surface area contributed by atoms with E-state index in [4.69, 9.17) is 5.73 Å². The predicted octanol–water partition coefficient (Wildman–Crippen LogP) is 1.99. The monoisotopic (exact) mass is 394 g/mol. The highest BCUT2D eigenvalue weighted by molar-refractivity contribution is 9.13. The van der Waals surface area contributed by atoms with Gasteiger partial charge in [0.15, 0.2) is 0 Å². The third kappa shape index (κ3) is 6.56. The second-order valence-corrected chi connectivity index (χ2v) is 5.85. The molecule has 0 bridgehead atoms. The number of nitrogens with one attached hydrogen (secondary N) is 3. The minimum absolute atomic E-state index is 0.0884. The second-order valence-electron chi connectivity index (χ2n) is 4.20. The molecule has 1 aromatic rings. The quantitative estimate of drug-likeness (QED) is 0.482. The summed E-state index contributed by atoms with van der Waals surface area (Å²) in [7, 11) is 0. The Morgan fingerprint density at radius 1 is 1.21 bits per heavy atom. The highest BCUT2D eigenvalue weighted by atomic mass is 79.9. The molecule has 1 aromatic heterocycles. The van der Waals surface area contributed by atoms with Crippen molar-refractivity contribution in [3.63, 3.8) is 0 Å². The van der Waals surface area contributed by atoms with Crippen molar-refractivity contribution in [2.75, 3.05) is 26.2 Å². The van der Waals surface area contributed by atoms with E-state index in [1.165, 1.54) is 0 Å². The van der Waals surface area contributed by atoms with Gasteiger partial charge in [0.25, 0.3) is 5.91 Å². The molecule has 0 saturated carbocycles. The molecule has 0 aliphatic heterocycles. The molecule has 0 radical (unpaired) electrons. The van der Waals surface area contributed by atoms with Gasteiger partial charge >= 0.3 is 0 Å². The molecule has 0 unspecified atom stereocenters. The third-order valence-corrected chi connectivity index (χ3v) is 4.38. The Balaban J connectivity index is 2.08. The molecule has 0 spiro atoms. The van der Waals surface area contributed by atoms with E-state index in [9.17, 15) is 4.79 Å². The summed E-state index contributed by atoms with van der Waals surface area (Å²) in [4.78, 5) is 14.7. The number of hydrogen-bond acceptors (Lipinski definition) is 3. The van der Waals surface area contributed by atoms with Gasteiger partial charge in [0, 0.05) is 6.54 Å². The molecule has 7 heteroatoms. The molecule has 1 heterocycles. The molecule has 1 amide bonds. The number of unbranched alkanes of at least 4 members (excludes halogenated alkanes) is 1. The van der Waals surface area contributed by atoms with Crippen molar-refractivity contribution in [1.29, 1.82) is 0 Å². The summed E-state index contributed by atoms with van der Waals surface area (Å²) in [5.41, 5.74) is 5.96. The van der Waals surface area contributed by atoms with Crippen molar-refractivity contribution in [3.05, 3.63) is 20.8 Å². The van der Waals surface area contributed by atoms with Crippen LogP contribution in [0.1, 0.15) is 29.8 Å². The van der Waals surface area contributed by atoms with Crippen LogP contribution in [0.3, 0.4) is 0 Å². The lowest BCUT2D eigenvalue weighted by molar-refractivity contribution is 0.0949. The zero-order chi connectivity index (χ0) is 14.1. The van der Waals surface area contributed by atoms with Crippen molar-refractivity contribution in [1.82, 2.24) is 15.6 Å². The number of aromatic nitrogens is 1. The molecular formula is C12H20Br2N4O. The van der Waals surface area contributed by atoms with Crippen molar-refractivity contribution in [2.45, 2.75) is 19.3 Å². The van der Waals surface area contributed by atoms with Gasteiger partial charge in [0.1, 0.15) is 5.69 Å². The van der Waals surface area contributed by atoms with Crippen LogP contribution in [0.25, 0.3) is 0 Å². The summed E-state index contributed by atoms with van der Waals surface area (Å²) >= 11 is 6.64. The van der Waals surface area contributed by atoms with Crippen LogP contribution in [0.2, 0.25) is 0 Å². The van der Waals surface area contributed by atoms with Crippen LogP contribution in [0.4, 0.5) is 0 Å². The first-order valence-corrected chi connectivity index (χ1v) is 7.96. The van der Waals surface area contributed by atoms with Gasteiger partial charge in [0.2, 0.25) is 0 Å². The van der Waals surface area contributed by atoms with Crippen LogP contribution in [-0.2, 0) is 0 Å². The molecule has 0 aromatic carbocycles. The fourth-order valence-corrected chi connectivity index (χ4v) is 2.21. The van der Waals surface area contributed by atoms with E-state index in [-0.39, 0.29) is 5.91 Å². The van der Waals surface area contributed by atoms with Gasteiger partial charge in [-0.3, -0.25) is 4.79 Å². The Morgan fingerprint density at radius 3 is 2.58 bits per heavy atom. The zero-order valence-corrected chi connectivity index (χ0v) is 13.9. The standard InChI is InChI=1S/C12H20Br2N4O/c13-9-8-10(18-11(9)14)12(19)17-7-3-6-16-5-2-1-4-15/h8,16,18H,1-7,15H2,(H,17,19). The van der Waals surface area contributed by atoms with Gasteiger partial charge < -0.3 is 21.4 Å². The Labute approximate surface area is 130 Å². The maximum atomic E-state index is 11.8. The SMILES string of the molecule is NCCCCNCCCNC(=O)c1cc(Br)c(Br)[nH]1.